The van der Waals surface area contributed by atoms with Crippen LogP contribution < -0.4 is 10.5 Å². The van der Waals surface area contributed by atoms with E-state index in [0.29, 0.717) is 11.9 Å². The summed E-state index contributed by atoms with van der Waals surface area (Å²) >= 11 is 0. The maximum Gasteiger partial charge on any atom is 0.223 e. The van der Waals surface area contributed by atoms with Gasteiger partial charge >= 0.3 is 0 Å². The predicted octanol–water partition coefficient (Wildman–Crippen LogP) is 2.89. The van der Waals surface area contributed by atoms with Crippen molar-refractivity contribution < 1.29 is 4.74 Å². The van der Waals surface area contributed by atoms with Crippen molar-refractivity contribution in [1.82, 2.24) is 14.9 Å². The van der Waals surface area contributed by atoms with Gasteiger partial charge in [0.15, 0.2) is 0 Å². The topological polar surface area (TPSA) is 64.3 Å². The lowest BCUT2D eigenvalue weighted by Crippen LogP contribution is -2.23. The van der Waals surface area contributed by atoms with Crippen LogP contribution in [0.5, 0.6) is 5.88 Å². The molecule has 2 heterocycles. The monoisotopic (exact) mass is 298 g/mol. The van der Waals surface area contributed by atoms with E-state index in [2.05, 4.69) is 40.0 Å². The van der Waals surface area contributed by atoms with Crippen LogP contribution in [0.15, 0.2) is 30.3 Å². The number of methoxy groups -OCH3 is 1. The third-order valence-corrected chi connectivity index (χ3v) is 4.28. The Labute approximate surface area is 131 Å². The van der Waals surface area contributed by atoms with Crippen molar-refractivity contribution in [2.45, 2.75) is 25.8 Å². The minimum absolute atomic E-state index is 0.229. The molecular formula is C17H22N4O. The highest BCUT2D eigenvalue weighted by Gasteiger charge is 2.19. The first-order valence-electron chi connectivity index (χ1n) is 7.70. The fourth-order valence-corrected chi connectivity index (χ4v) is 2.99. The average molecular weight is 298 g/mol. The molecule has 22 heavy (non-hydrogen) atoms. The van der Waals surface area contributed by atoms with Crippen molar-refractivity contribution in [1.29, 1.82) is 0 Å². The maximum atomic E-state index is 5.76. The van der Waals surface area contributed by atoms with Gasteiger partial charge in [-0.05, 0) is 44.5 Å². The highest BCUT2D eigenvalue weighted by molar-refractivity contribution is 5.62. The van der Waals surface area contributed by atoms with Crippen molar-refractivity contribution in [3.8, 4) is 17.1 Å². The van der Waals surface area contributed by atoms with Gasteiger partial charge < -0.3 is 10.5 Å². The lowest BCUT2D eigenvalue weighted by molar-refractivity contribution is 0.263. The molecule has 3 rings (SSSR count). The lowest BCUT2D eigenvalue weighted by Gasteiger charge is -2.24. The zero-order valence-electron chi connectivity index (χ0n) is 13.1. The van der Waals surface area contributed by atoms with E-state index in [1.807, 2.05) is 12.1 Å². The Balaban J connectivity index is 1.92. The number of likely N-dealkylation sites (tertiary alicyclic amines) is 1. The van der Waals surface area contributed by atoms with Crippen LogP contribution in [0.4, 0.5) is 5.95 Å². The third-order valence-electron chi connectivity index (χ3n) is 4.28. The number of rotatable bonds is 4. The summed E-state index contributed by atoms with van der Waals surface area (Å²) in [6.45, 7) is 4.62. The highest BCUT2D eigenvalue weighted by atomic mass is 16.5. The molecule has 1 aromatic heterocycles. The molecule has 1 unspecified atom stereocenters. The first kappa shape index (κ1) is 14.8. The maximum absolute atomic E-state index is 5.76. The summed E-state index contributed by atoms with van der Waals surface area (Å²) in [5, 5.41) is 0. The normalized spacial score (nSPS) is 16.6. The number of nitrogen functional groups attached to an aromatic ring is 1. The first-order valence-corrected chi connectivity index (χ1v) is 7.70. The molecular weight excluding hydrogens is 276 g/mol. The van der Waals surface area contributed by atoms with Crippen molar-refractivity contribution in [2.24, 2.45) is 0 Å². The van der Waals surface area contributed by atoms with Gasteiger partial charge in [0, 0.05) is 17.7 Å². The summed E-state index contributed by atoms with van der Waals surface area (Å²) in [6, 6.07) is 10.7. The van der Waals surface area contributed by atoms with Crippen molar-refractivity contribution in [2.75, 3.05) is 25.9 Å². The van der Waals surface area contributed by atoms with Crippen LogP contribution in [0.3, 0.4) is 0 Å². The molecule has 0 bridgehead atoms. The molecule has 1 aliphatic rings. The SMILES string of the molecule is COc1cc(-c2cccc(C(C)N3CCCC3)c2)nc(N)n1. The minimum Gasteiger partial charge on any atom is -0.481 e. The Morgan fingerprint density at radius 2 is 1.95 bits per heavy atom. The van der Waals surface area contributed by atoms with Crippen LogP contribution >= 0.6 is 0 Å². The number of ether oxygens (including phenoxy) is 1. The van der Waals surface area contributed by atoms with Crippen LogP contribution in [0.25, 0.3) is 11.3 Å². The van der Waals surface area contributed by atoms with E-state index in [1.165, 1.54) is 31.5 Å². The Bertz CT molecular complexity index is 653. The van der Waals surface area contributed by atoms with Gasteiger partial charge in [0.05, 0.1) is 12.8 Å². The Hall–Kier alpha value is -2.14. The average Bonchev–Trinajstić information content (AvgIpc) is 3.08. The molecule has 2 aromatic rings. The van der Waals surface area contributed by atoms with Crippen molar-refractivity contribution in [3.63, 3.8) is 0 Å². The van der Waals surface area contributed by atoms with Gasteiger partial charge in [-0.2, -0.15) is 4.98 Å². The fraction of sp³-hybridized carbons (Fsp3) is 0.412. The van der Waals surface area contributed by atoms with Crippen LogP contribution in [-0.2, 0) is 0 Å². The van der Waals surface area contributed by atoms with Crippen LogP contribution in [-0.4, -0.2) is 35.1 Å². The second-order valence-electron chi connectivity index (χ2n) is 5.70. The molecule has 0 amide bonds. The Morgan fingerprint density at radius 3 is 2.68 bits per heavy atom. The number of anilines is 1. The molecule has 1 aromatic carbocycles. The molecule has 1 atom stereocenters. The first-order chi connectivity index (χ1) is 10.7. The molecule has 2 N–H and O–H groups in total. The largest absolute Gasteiger partial charge is 0.481 e. The van der Waals surface area contributed by atoms with E-state index >= 15 is 0 Å². The van der Waals surface area contributed by atoms with Gasteiger partial charge in [0.2, 0.25) is 11.8 Å². The van der Waals surface area contributed by atoms with Gasteiger partial charge in [-0.25, -0.2) is 4.98 Å². The van der Waals surface area contributed by atoms with Gasteiger partial charge in [-0.1, -0.05) is 18.2 Å². The van der Waals surface area contributed by atoms with E-state index in [9.17, 15) is 0 Å². The van der Waals surface area contributed by atoms with Crippen molar-refractivity contribution in [3.05, 3.63) is 35.9 Å². The van der Waals surface area contributed by atoms with Crippen LogP contribution in [0.1, 0.15) is 31.4 Å². The molecule has 0 spiro atoms. The molecule has 5 nitrogen and oxygen atoms in total. The van der Waals surface area contributed by atoms with Crippen LogP contribution in [0.2, 0.25) is 0 Å². The molecule has 1 fully saturated rings. The van der Waals surface area contributed by atoms with Gasteiger partial charge in [-0.3, -0.25) is 4.90 Å². The van der Waals surface area contributed by atoms with E-state index in [-0.39, 0.29) is 5.95 Å². The summed E-state index contributed by atoms with van der Waals surface area (Å²) in [6.07, 6.45) is 2.59. The molecule has 5 heteroatoms. The number of hydrogen-bond acceptors (Lipinski definition) is 5. The second-order valence-corrected chi connectivity index (χ2v) is 5.70. The third kappa shape index (κ3) is 3.04. The van der Waals surface area contributed by atoms with Gasteiger partial charge in [-0.15, -0.1) is 0 Å². The Morgan fingerprint density at radius 1 is 1.18 bits per heavy atom. The zero-order chi connectivity index (χ0) is 15.5. The van der Waals surface area contributed by atoms with Gasteiger partial charge in [0.25, 0.3) is 0 Å². The summed E-state index contributed by atoms with van der Waals surface area (Å²) in [7, 11) is 1.58. The fourth-order valence-electron chi connectivity index (χ4n) is 2.99. The summed E-state index contributed by atoms with van der Waals surface area (Å²) in [5.41, 5.74) is 8.89. The quantitative estimate of drug-likeness (QED) is 0.940. The van der Waals surface area contributed by atoms with Crippen molar-refractivity contribution >= 4 is 5.95 Å². The molecule has 1 saturated heterocycles. The van der Waals surface area contributed by atoms with E-state index in [0.717, 1.165) is 11.3 Å². The molecule has 116 valence electrons. The zero-order valence-corrected chi connectivity index (χ0v) is 13.1. The molecule has 0 radical (unpaired) electrons. The molecule has 0 aliphatic carbocycles. The van der Waals surface area contributed by atoms with E-state index in [1.54, 1.807) is 7.11 Å². The number of nitrogens with zero attached hydrogens (tertiary/aromatic N) is 3. The highest BCUT2D eigenvalue weighted by Crippen LogP contribution is 2.28. The summed E-state index contributed by atoms with van der Waals surface area (Å²) < 4.78 is 5.18. The van der Waals surface area contributed by atoms with E-state index in [4.69, 9.17) is 10.5 Å². The molecule has 0 saturated carbocycles. The lowest BCUT2D eigenvalue weighted by atomic mass is 10.0. The standard InChI is InChI=1S/C17H22N4O/c1-12(21-8-3-4-9-21)13-6-5-7-14(10-13)15-11-16(22-2)20-17(18)19-15/h5-7,10-12H,3-4,8-9H2,1-2H3,(H2,18,19,20). The van der Waals surface area contributed by atoms with Crippen LogP contribution in [0, 0.1) is 0 Å². The number of nitrogens with two attached hydrogens (primary N) is 1. The number of hydrogen-bond donors (Lipinski definition) is 1. The number of aromatic nitrogens is 2. The van der Waals surface area contributed by atoms with E-state index < -0.39 is 0 Å². The Kier molecular flexibility index (Phi) is 4.24. The number of benzene rings is 1. The predicted molar refractivity (Wildman–Crippen MR) is 87.7 cm³/mol. The second kappa shape index (κ2) is 6.32. The summed E-state index contributed by atoms with van der Waals surface area (Å²) in [5.74, 6) is 0.716. The van der Waals surface area contributed by atoms with Gasteiger partial charge in [0.1, 0.15) is 0 Å². The minimum atomic E-state index is 0.229. The smallest absolute Gasteiger partial charge is 0.223 e. The summed E-state index contributed by atoms with van der Waals surface area (Å²) in [4.78, 5) is 10.9. The molecule has 1 aliphatic heterocycles.